The molecule has 0 bridgehead atoms. The molecule has 0 saturated heterocycles. The molecule has 0 heterocycles. The molecule has 0 atom stereocenters. The van der Waals surface area contributed by atoms with Crippen molar-refractivity contribution in [2.75, 3.05) is 92.5 Å². The van der Waals surface area contributed by atoms with E-state index in [0.717, 1.165) is 89.9 Å². The average Bonchev–Trinajstić information content (AvgIpc) is 1.53. The highest BCUT2D eigenvalue weighted by atomic mass is 16.4. The van der Waals surface area contributed by atoms with Crippen LogP contribution in [0.1, 0.15) is 318 Å². The lowest BCUT2D eigenvalue weighted by Gasteiger charge is -1.96. The number of aliphatic hydroxyl groups excluding tert-OH is 21. The van der Waals surface area contributed by atoms with Crippen molar-refractivity contribution in [1.82, 2.24) is 0 Å². The highest BCUT2D eigenvalue weighted by Crippen LogP contribution is 2.09. The van der Waals surface area contributed by atoms with Gasteiger partial charge in [0.05, 0.1) is 92.5 Å². The van der Waals surface area contributed by atoms with E-state index in [4.69, 9.17) is 143 Å². The van der Waals surface area contributed by atoms with E-state index >= 15 is 0 Å². The number of carboxylic acid groups (broad SMARTS) is 7. The Bertz CT molecular complexity index is 1350. The largest absolute Gasteiger partial charge is 0.481 e. The molecule has 0 aliphatic heterocycles. The zero-order chi connectivity index (χ0) is 89.7. The minimum absolute atomic E-state index is 0.337. The maximum atomic E-state index is 10.0. The maximum absolute atomic E-state index is 10.0. The van der Waals surface area contributed by atoms with E-state index in [9.17, 15) is 33.6 Å². The predicted octanol–water partition coefficient (Wildman–Crippen LogP) is 5.34. The Labute approximate surface area is 669 Å². The number of rotatable bonds is 56. The minimum atomic E-state index is -0.954. The van der Waals surface area contributed by atoms with E-state index in [1.807, 2.05) is 0 Å². The van der Waals surface area contributed by atoms with E-state index < -0.39 is 84.5 Å². The fourth-order valence-electron chi connectivity index (χ4n) is 6.56. The molecule has 28 N–H and O–H groups in total. The van der Waals surface area contributed by atoms with Gasteiger partial charge in [-0.2, -0.15) is 0 Å². The summed E-state index contributed by atoms with van der Waals surface area (Å²) in [7, 11) is 0. The van der Waals surface area contributed by atoms with Crippen LogP contribution in [0.25, 0.3) is 0 Å². The van der Waals surface area contributed by atoms with E-state index in [1.54, 1.807) is 0 Å². The number of carboxylic acids is 7. The van der Waals surface area contributed by atoms with Gasteiger partial charge in [-0.05, 0) is 44.9 Å². The van der Waals surface area contributed by atoms with Gasteiger partial charge in [0.15, 0.2) is 0 Å². The maximum Gasteiger partial charge on any atom is 0.303 e. The molecule has 0 aliphatic rings. The van der Waals surface area contributed by atoms with Crippen LogP contribution in [0.15, 0.2) is 0 Å². The SMILES string of the molecule is CCCCCCCC(=O)O.CCCCCCCC(=O)O.CCCCCCCC(=O)O.CCCCCCCC(=O)O.CCCCCCCC(=O)O.CCCCCCCC(=O)O.CCCCCCCC(=O)O.OCC(O)CO.OCC(O)CO.OCC(O)CO.OCC(O)CO.OCC(O)CO.OCC(O)CO.OCC(O)CO. The molecule has 0 saturated carbocycles. The lowest BCUT2D eigenvalue weighted by atomic mass is 10.1. The molecule has 35 nitrogen and oxygen atoms in total. The Hall–Kier alpha value is -4.55. The van der Waals surface area contributed by atoms with Crippen molar-refractivity contribution in [3.05, 3.63) is 0 Å². The van der Waals surface area contributed by atoms with Gasteiger partial charge >= 0.3 is 41.8 Å². The molecule has 0 aliphatic carbocycles. The van der Waals surface area contributed by atoms with Crippen LogP contribution in [0.2, 0.25) is 0 Å². The first-order valence-electron chi connectivity index (χ1n) is 39.9. The monoisotopic (exact) mass is 1650 g/mol. The van der Waals surface area contributed by atoms with Crippen molar-refractivity contribution in [2.45, 2.75) is 361 Å². The average molecular weight is 1650 g/mol. The molecule has 0 radical (unpaired) electrons. The summed E-state index contributed by atoms with van der Waals surface area (Å²) in [6, 6.07) is 0. The zero-order valence-electron chi connectivity index (χ0n) is 69.5. The van der Waals surface area contributed by atoms with Crippen LogP contribution in [0.3, 0.4) is 0 Å². The Kier molecular flexibility index (Phi) is 169. The van der Waals surface area contributed by atoms with Crippen molar-refractivity contribution in [3.8, 4) is 0 Å². The fraction of sp³-hybridized carbons (Fsp3) is 0.909. The summed E-state index contributed by atoms with van der Waals surface area (Å²) >= 11 is 0. The smallest absolute Gasteiger partial charge is 0.303 e. The number of hydrogen-bond acceptors (Lipinski definition) is 28. The molecular formula is C77H168O35. The number of aliphatic carboxylic acids is 7. The molecule has 0 amide bonds. The van der Waals surface area contributed by atoms with E-state index in [2.05, 4.69) is 48.5 Å². The molecule has 0 unspecified atom stereocenters. The second-order valence-corrected chi connectivity index (χ2v) is 25.0. The topological polar surface area (TPSA) is 686 Å². The van der Waals surface area contributed by atoms with Crippen molar-refractivity contribution in [1.29, 1.82) is 0 Å². The molecule has 0 aromatic rings. The Morgan fingerprint density at radius 3 is 0.268 bits per heavy atom. The third kappa shape index (κ3) is 219. The second kappa shape index (κ2) is 136. The fourth-order valence-corrected chi connectivity index (χ4v) is 6.56. The lowest BCUT2D eigenvalue weighted by molar-refractivity contribution is -0.138. The van der Waals surface area contributed by atoms with Crippen molar-refractivity contribution < 1.29 is 177 Å². The summed E-state index contributed by atoms with van der Waals surface area (Å²) in [5.74, 6) is -4.69. The third-order valence-corrected chi connectivity index (χ3v) is 13.4. The molecule has 0 aromatic heterocycles. The standard InChI is InChI=1S/7C8H16O2.7C3H8O3/c7*1-2-3-4-5-6-7-8(9)10;7*4-1-3(6)2-5/h7*2-7H2,1H3,(H,9,10);7*3-6H,1-2H2. The van der Waals surface area contributed by atoms with Crippen molar-refractivity contribution >= 4 is 41.8 Å². The minimum Gasteiger partial charge on any atom is -0.481 e. The van der Waals surface area contributed by atoms with Crippen LogP contribution >= 0.6 is 0 Å². The van der Waals surface area contributed by atoms with Gasteiger partial charge in [-0.1, -0.05) is 228 Å². The second-order valence-electron chi connectivity index (χ2n) is 25.0. The van der Waals surface area contributed by atoms with Gasteiger partial charge in [-0.15, -0.1) is 0 Å². The first-order valence-corrected chi connectivity index (χ1v) is 39.9. The van der Waals surface area contributed by atoms with Crippen LogP contribution in [0, 0.1) is 0 Å². The van der Waals surface area contributed by atoms with Gasteiger partial charge in [0, 0.05) is 44.9 Å². The van der Waals surface area contributed by atoms with Crippen LogP contribution < -0.4 is 0 Å². The van der Waals surface area contributed by atoms with Gasteiger partial charge in [0.1, 0.15) is 42.7 Å². The van der Waals surface area contributed by atoms with Crippen LogP contribution in [0.5, 0.6) is 0 Å². The molecule has 35 heteroatoms. The molecule has 112 heavy (non-hydrogen) atoms. The highest BCUT2D eigenvalue weighted by Gasteiger charge is 2.03. The van der Waals surface area contributed by atoms with E-state index in [-0.39, 0.29) is 92.5 Å². The molecule has 0 spiro atoms. The summed E-state index contributed by atoms with van der Waals surface area (Å²) in [4.78, 5) is 70.2. The summed E-state index contributed by atoms with van der Waals surface area (Å²) in [5, 5.41) is 226. The first kappa shape index (κ1) is 139. The Morgan fingerprint density at radius 2 is 0.223 bits per heavy atom. The van der Waals surface area contributed by atoms with Gasteiger partial charge in [0.25, 0.3) is 0 Å². The quantitative estimate of drug-likeness (QED) is 0.0341. The Balaban J connectivity index is -0.0000000774. The number of hydrogen-bond donors (Lipinski definition) is 28. The summed E-state index contributed by atoms with van der Waals surface area (Å²) in [6.45, 7) is 9.95. The third-order valence-electron chi connectivity index (χ3n) is 13.4. The number of unbranched alkanes of at least 4 members (excludes halogenated alkanes) is 28. The van der Waals surface area contributed by atoms with Crippen LogP contribution in [-0.4, -0.2) is 320 Å². The number of aliphatic hydroxyl groups is 21. The van der Waals surface area contributed by atoms with Crippen molar-refractivity contribution in [3.63, 3.8) is 0 Å². The predicted molar refractivity (Wildman–Crippen MR) is 428 cm³/mol. The normalized spacial score (nSPS) is 9.81. The number of carbonyl (C=O) groups is 7. The lowest BCUT2D eigenvalue weighted by Crippen LogP contribution is -2.15. The molecular weight excluding hydrogens is 1480 g/mol. The van der Waals surface area contributed by atoms with Gasteiger partial charge < -0.3 is 143 Å². The van der Waals surface area contributed by atoms with Crippen LogP contribution in [0.4, 0.5) is 0 Å². The molecule has 686 valence electrons. The summed E-state index contributed by atoms with van der Waals surface area (Å²) < 4.78 is 0. The van der Waals surface area contributed by atoms with E-state index in [0.29, 0.717) is 44.9 Å². The molecule has 0 aromatic carbocycles. The van der Waals surface area contributed by atoms with Crippen LogP contribution in [-0.2, 0) is 33.6 Å². The van der Waals surface area contributed by atoms with Gasteiger partial charge in [-0.3, -0.25) is 33.6 Å². The van der Waals surface area contributed by atoms with Crippen molar-refractivity contribution in [2.24, 2.45) is 0 Å². The van der Waals surface area contributed by atoms with E-state index in [1.165, 1.54) is 135 Å². The first-order chi connectivity index (χ1) is 53.0. The summed E-state index contributed by atoms with van der Waals surface area (Å²) in [6.07, 6.45) is 34.5. The van der Waals surface area contributed by atoms with Gasteiger partial charge in [-0.25, -0.2) is 0 Å². The zero-order valence-corrected chi connectivity index (χ0v) is 69.5. The molecule has 0 fully saturated rings. The Morgan fingerprint density at radius 1 is 0.152 bits per heavy atom. The summed E-state index contributed by atoms with van der Waals surface area (Å²) in [5.41, 5.74) is 0. The molecule has 0 rings (SSSR count). The highest BCUT2D eigenvalue weighted by molar-refractivity contribution is 5.68. The van der Waals surface area contributed by atoms with Gasteiger partial charge in [0.2, 0.25) is 0 Å².